The van der Waals surface area contributed by atoms with Crippen molar-refractivity contribution in [2.75, 3.05) is 25.6 Å². The van der Waals surface area contributed by atoms with E-state index in [9.17, 15) is 23.6 Å². The number of methoxy groups -OCH3 is 1. The average Bonchev–Trinajstić information content (AvgIpc) is 3.01. The number of aliphatic carboxylic acids is 1. The molecule has 2 aromatic carbocycles. The summed E-state index contributed by atoms with van der Waals surface area (Å²) in [6, 6.07) is 9.92. The zero-order valence-electron chi connectivity index (χ0n) is 16.7. The Balaban J connectivity index is 1.67. The van der Waals surface area contributed by atoms with Crippen LogP contribution in [0.2, 0.25) is 0 Å². The standard InChI is InChI=1S/C21H17FN2O7S/c1-30-16-8-12(9-17-20(28)24(10-19(26)27)21(29)32-17)2-7-15(16)31-11-18(25)23-14-5-3-13(22)4-6-14/h2-9H,10-11H2,1H3,(H,23,25)(H,26,27)/b17-9+. The van der Waals surface area contributed by atoms with E-state index in [0.29, 0.717) is 27.9 Å². The Bertz CT molecular complexity index is 1100. The van der Waals surface area contributed by atoms with E-state index in [2.05, 4.69) is 5.32 Å². The van der Waals surface area contributed by atoms with Gasteiger partial charge in [-0.05, 0) is 59.8 Å². The van der Waals surface area contributed by atoms with E-state index in [1.165, 1.54) is 43.5 Å². The number of imide groups is 1. The SMILES string of the molecule is COc1cc(/C=C2/SC(=O)N(CC(=O)O)C2=O)ccc1OCC(=O)Nc1ccc(F)cc1. The summed E-state index contributed by atoms with van der Waals surface area (Å²) < 4.78 is 23.7. The molecule has 0 atom stereocenters. The van der Waals surface area contributed by atoms with Crippen molar-refractivity contribution in [3.63, 3.8) is 0 Å². The number of benzene rings is 2. The second-order valence-corrected chi connectivity index (χ2v) is 7.41. The highest BCUT2D eigenvalue weighted by Crippen LogP contribution is 2.34. The molecular weight excluding hydrogens is 443 g/mol. The van der Waals surface area contributed by atoms with Gasteiger partial charge in [0, 0.05) is 5.69 Å². The summed E-state index contributed by atoms with van der Waals surface area (Å²) in [5, 5.41) is 10.7. The lowest BCUT2D eigenvalue weighted by atomic mass is 10.2. The number of anilines is 1. The van der Waals surface area contributed by atoms with Crippen LogP contribution in [0.3, 0.4) is 0 Å². The topological polar surface area (TPSA) is 122 Å². The van der Waals surface area contributed by atoms with Gasteiger partial charge in [0.2, 0.25) is 0 Å². The number of nitrogens with one attached hydrogen (secondary N) is 1. The van der Waals surface area contributed by atoms with Gasteiger partial charge in [0.1, 0.15) is 12.4 Å². The third kappa shape index (κ3) is 5.64. The van der Waals surface area contributed by atoms with Crippen LogP contribution in [0, 0.1) is 5.82 Å². The first-order valence-corrected chi connectivity index (χ1v) is 9.92. The van der Waals surface area contributed by atoms with E-state index in [0.717, 1.165) is 0 Å². The van der Waals surface area contributed by atoms with Crippen molar-refractivity contribution in [1.82, 2.24) is 4.90 Å². The zero-order chi connectivity index (χ0) is 23.3. The van der Waals surface area contributed by atoms with Gasteiger partial charge in [-0.25, -0.2) is 4.39 Å². The Morgan fingerprint density at radius 1 is 1.16 bits per heavy atom. The average molecular weight is 460 g/mol. The quantitative estimate of drug-likeness (QED) is 0.577. The lowest BCUT2D eigenvalue weighted by Gasteiger charge is -2.12. The number of carboxylic acid groups (broad SMARTS) is 1. The van der Waals surface area contributed by atoms with E-state index in [1.807, 2.05) is 0 Å². The molecule has 1 aliphatic heterocycles. The van der Waals surface area contributed by atoms with Crippen molar-refractivity contribution < 1.29 is 38.1 Å². The molecule has 11 heteroatoms. The van der Waals surface area contributed by atoms with Crippen molar-refractivity contribution in [1.29, 1.82) is 0 Å². The summed E-state index contributed by atoms with van der Waals surface area (Å²) >= 11 is 0.639. The Labute approximate surface area is 185 Å². The molecule has 3 amide bonds. The molecule has 166 valence electrons. The zero-order valence-corrected chi connectivity index (χ0v) is 17.5. The summed E-state index contributed by atoms with van der Waals surface area (Å²) in [4.78, 5) is 47.7. The van der Waals surface area contributed by atoms with Crippen LogP contribution in [0.4, 0.5) is 14.9 Å². The maximum atomic E-state index is 12.9. The van der Waals surface area contributed by atoms with E-state index in [1.54, 1.807) is 12.1 Å². The Kier molecular flexibility index (Phi) is 7.11. The number of thioether (sulfide) groups is 1. The summed E-state index contributed by atoms with van der Waals surface area (Å²) in [7, 11) is 1.39. The molecule has 2 N–H and O–H groups in total. The fourth-order valence-corrected chi connectivity index (χ4v) is 3.53. The molecule has 0 aliphatic carbocycles. The minimum absolute atomic E-state index is 0.0747. The summed E-state index contributed by atoms with van der Waals surface area (Å²) in [5.41, 5.74) is 0.921. The van der Waals surface area contributed by atoms with Crippen molar-refractivity contribution in [3.05, 3.63) is 58.8 Å². The van der Waals surface area contributed by atoms with Gasteiger partial charge in [0.05, 0.1) is 12.0 Å². The molecule has 1 aliphatic rings. The van der Waals surface area contributed by atoms with Crippen molar-refractivity contribution in [2.24, 2.45) is 0 Å². The summed E-state index contributed by atoms with van der Waals surface area (Å²) in [6.07, 6.45) is 1.43. The second-order valence-electron chi connectivity index (χ2n) is 6.42. The van der Waals surface area contributed by atoms with Gasteiger partial charge in [-0.3, -0.25) is 24.1 Å². The molecule has 2 aromatic rings. The molecule has 0 saturated carbocycles. The number of carboxylic acids is 1. The van der Waals surface area contributed by atoms with Crippen LogP contribution >= 0.6 is 11.8 Å². The third-order valence-corrected chi connectivity index (χ3v) is 5.05. The van der Waals surface area contributed by atoms with Crippen LogP contribution in [0.25, 0.3) is 6.08 Å². The molecule has 1 saturated heterocycles. The monoisotopic (exact) mass is 460 g/mol. The van der Waals surface area contributed by atoms with Gasteiger partial charge in [-0.1, -0.05) is 6.07 Å². The van der Waals surface area contributed by atoms with Gasteiger partial charge in [-0.15, -0.1) is 0 Å². The first kappa shape index (κ1) is 22.8. The van der Waals surface area contributed by atoms with Gasteiger partial charge in [0.15, 0.2) is 18.1 Å². The Morgan fingerprint density at radius 2 is 1.88 bits per heavy atom. The molecule has 0 bridgehead atoms. The maximum absolute atomic E-state index is 12.9. The van der Waals surface area contributed by atoms with Crippen LogP contribution in [-0.4, -0.2) is 53.3 Å². The normalized spacial score (nSPS) is 14.6. The first-order valence-electron chi connectivity index (χ1n) is 9.10. The second kappa shape index (κ2) is 9.96. The van der Waals surface area contributed by atoms with E-state index >= 15 is 0 Å². The molecule has 0 unspecified atom stereocenters. The number of hydrogen-bond donors (Lipinski definition) is 2. The van der Waals surface area contributed by atoms with Crippen molar-refractivity contribution >= 4 is 46.5 Å². The highest BCUT2D eigenvalue weighted by atomic mass is 32.2. The van der Waals surface area contributed by atoms with E-state index < -0.39 is 35.4 Å². The van der Waals surface area contributed by atoms with Crippen LogP contribution in [0.1, 0.15) is 5.56 Å². The van der Waals surface area contributed by atoms with Crippen LogP contribution in [-0.2, 0) is 14.4 Å². The van der Waals surface area contributed by atoms with Gasteiger partial charge < -0.3 is 19.9 Å². The lowest BCUT2D eigenvalue weighted by Crippen LogP contribution is -2.33. The molecular formula is C21H17FN2O7S. The molecule has 9 nitrogen and oxygen atoms in total. The predicted molar refractivity (Wildman–Crippen MR) is 114 cm³/mol. The first-order chi connectivity index (χ1) is 15.3. The highest BCUT2D eigenvalue weighted by molar-refractivity contribution is 8.18. The van der Waals surface area contributed by atoms with Crippen LogP contribution in [0.15, 0.2) is 47.4 Å². The van der Waals surface area contributed by atoms with Gasteiger partial charge >= 0.3 is 5.97 Å². The molecule has 0 spiro atoms. The number of hydrogen-bond acceptors (Lipinski definition) is 7. The highest BCUT2D eigenvalue weighted by Gasteiger charge is 2.36. The number of amides is 3. The van der Waals surface area contributed by atoms with Crippen LogP contribution in [0.5, 0.6) is 11.5 Å². The molecule has 1 heterocycles. The number of rotatable bonds is 8. The molecule has 3 rings (SSSR count). The number of nitrogens with zero attached hydrogens (tertiary/aromatic N) is 1. The van der Waals surface area contributed by atoms with Gasteiger partial charge in [0.25, 0.3) is 17.1 Å². The molecule has 0 radical (unpaired) electrons. The van der Waals surface area contributed by atoms with Gasteiger partial charge in [-0.2, -0.15) is 0 Å². The number of carbonyl (C=O) groups is 4. The summed E-state index contributed by atoms with van der Waals surface area (Å²) in [6.45, 7) is -1.04. The Morgan fingerprint density at radius 3 is 2.53 bits per heavy atom. The summed E-state index contributed by atoms with van der Waals surface area (Å²) in [5.74, 6) is -2.33. The van der Waals surface area contributed by atoms with Crippen molar-refractivity contribution in [3.8, 4) is 11.5 Å². The minimum Gasteiger partial charge on any atom is -0.493 e. The molecule has 1 fully saturated rings. The van der Waals surface area contributed by atoms with E-state index in [-0.39, 0.29) is 23.0 Å². The maximum Gasteiger partial charge on any atom is 0.323 e. The third-order valence-electron chi connectivity index (χ3n) is 4.14. The fourth-order valence-electron chi connectivity index (χ4n) is 2.69. The smallest absolute Gasteiger partial charge is 0.323 e. The lowest BCUT2D eigenvalue weighted by molar-refractivity contribution is -0.140. The fraction of sp³-hybridized carbons (Fsp3) is 0.143. The Hall–Kier alpha value is -3.86. The number of ether oxygens (including phenoxy) is 2. The van der Waals surface area contributed by atoms with Crippen LogP contribution < -0.4 is 14.8 Å². The number of carbonyl (C=O) groups excluding carboxylic acids is 3. The van der Waals surface area contributed by atoms with E-state index in [4.69, 9.17) is 14.6 Å². The van der Waals surface area contributed by atoms with Crippen molar-refractivity contribution in [2.45, 2.75) is 0 Å². The molecule has 32 heavy (non-hydrogen) atoms. The largest absolute Gasteiger partial charge is 0.493 e. The number of halogens is 1. The minimum atomic E-state index is -1.29. The predicted octanol–water partition coefficient (Wildman–Crippen LogP) is 2.97. The molecule has 0 aromatic heterocycles.